The lowest BCUT2D eigenvalue weighted by Crippen LogP contribution is -2.34. The Morgan fingerprint density at radius 2 is 2.20 bits per heavy atom. The first-order chi connectivity index (χ1) is 7.29. The third-order valence-corrected chi connectivity index (χ3v) is 4.31. The lowest BCUT2D eigenvalue weighted by Gasteiger charge is -2.20. The van der Waals surface area contributed by atoms with Crippen LogP contribution >= 0.6 is 22.9 Å². The SMILES string of the molecule is NCC(NC1CCCC1)c1ccc(Cl)s1. The molecule has 1 aliphatic carbocycles. The summed E-state index contributed by atoms with van der Waals surface area (Å²) < 4.78 is 0.844. The van der Waals surface area contributed by atoms with Crippen LogP contribution in [-0.4, -0.2) is 12.6 Å². The van der Waals surface area contributed by atoms with E-state index in [0.717, 1.165) is 4.34 Å². The zero-order chi connectivity index (χ0) is 10.7. The molecule has 4 heteroatoms. The number of hydrogen-bond acceptors (Lipinski definition) is 3. The molecule has 0 aromatic carbocycles. The fraction of sp³-hybridized carbons (Fsp3) is 0.636. The van der Waals surface area contributed by atoms with E-state index in [9.17, 15) is 0 Å². The second-order valence-corrected chi connectivity index (χ2v) is 5.82. The maximum atomic E-state index is 5.93. The Morgan fingerprint density at radius 3 is 2.73 bits per heavy atom. The van der Waals surface area contributed by atoms with Gasteiger partial charge in [0.25, 0.3) is 0 Å². The lowest BCUT2D eigenvalue weighted by atomic mass is 10.2. The van der Waals surface area contributed by atoms with Gasteiger partial charge < -0.3 is 11.1 Å². The van der Waals surface area contributed by atoms with Crippen molar-refractivity contribution in [2.75, 3.05) is 6.54 Å². The Hall–Kier alpha value is -0.0900. The third-order valence-electron chi connectivity index (χ3n) is 2.97. The van der Waals surface area contributed by atoms with Gasteiger partial charge in [0.05, 0.1) is 10.4 Å². The van der Waals surface area contributed by atoms with Gasteiger partial charge in [0.1, 0.15) is 0 Å². The lowest BCUT2D eigenvalue weighted by molar-refractivity contribution is 0.449. The van der Waals surface area contributed by atoms with Crippen LogP contribution in [0.15, 0.2) is 12.1 Å². The van der Waals surface area contributed by atoms with E-state index in [1.165, 1.54) is 30.6 Å². The molecule has 0 amide bonds. The topological polar surface area (TPSA) is 38.0 Å². The maximum Gasteiger partial charge on any atom is 0.0931 e. The van der Waals surface area contributed by atoms with Crippen molar-refractivity contribution < 1.29 is 0 Å². The highest BCUT2D eigenvalue weighted by atomic mass is 35.5. The van der Waals surface area contributed by atoms with E-state index in [2.05, 4.69) is 11.4 Å². The molecule has 1 aromatic rings. The average molecular weight is 245 g/mol. The maximum absolute atomic E-state index is 5.93. The summed E-state index contributed by atoms with van der Waals surface area (Å²) in [4.78, 5) is 1.26. The van der Waals surface area contributed by atoms with Gasteiger partial charge in [0, 0.05) is 17.5 Å². The van der Waals surface area contributed by atoms with Crippen molar-refractivity contribution in [2.45, 2.75) is 37.8 Å². The molecule has 3 N–H and O–H groups in total. The van der Waals surface area contributed by atoms with Crippen LogP contribution in [0.1, 0.15) is 36.6 Å². The van der Waals surface area contributed by atoms with Gasteiger partial charge in [-0.25, -0.2) is 0 Å². The van der Waals surface area contributed by atoms with Crippen LogP contribution in [0.2, 0.25) is 4.34 Å². The summed E-state index contributed by atoms with van der Waals surface area (Å²) in [5.74, 6) is 0. The Kier molecular flexibility index (Phi) is 4.03. The third kappa shape index (κ3) is 2.94. The average Bonchev–Trinajstić information content (AvgIpc) is 2.85. The molecule has 2 nitrogen and oxygen atoms in total. The van der Waals surface area contributed by atoms with E-state index in [1.807, 2.05) is 6.07 Å². The van der Waals surface area contributed by atoms with Crippen LogP contribution in [0.3, 0.4) is 0 Å². The molecule has 1 saturated carbocycles. The molecule has 0 radical (unpaired) electrons. The highest BCUT2D eigenvalue weighted by Gasteiger charge is 2.20. The Morgan fingerprint density at radius 1 is 1.47 bits per heavy atom. The quantitative estimate of drug-likeness (QED) is 0.855. The van der Waals surface area contributed by atoms with Gasteiger partial charge in [-0.2, -0.15) is 0 Å². The molecule has 0 bridgehead atoms. The molecule has 1 heterocycles. The summed E-state index contributed by atoms with van der Waals surface area (Å²) in [5, 5.41) is 3.62. The summed E-state index contributed by atoms with van der Waals surface area (Å²) in [6, 6.07) is 4.96. The van der Waals surface area contributed by atoms with Crippen LogP contribution in [0, 0.1) is 0 Å². The van der Waals surface area contributed by atoms with E-state index in [-0.39, 0.29) is 6.04 Å². The Bertz CT molecular complexity index is 307. The summed E-state index contributed by atoms with van der Waals surface area (Å²) in [7, 11) is 0. The summed E-state index contributed by atoms with van der Waals surface area (Å²) >= 11 is 7.55. The summed E-state index contributed by atoms with van der Waals surface area (Å²) in [6.45, 7) is 0.646. The molecule has 84 valence electrons. The fourth-order valence-corrected chi connectivity index (χ4v) is 3.29. The van der Waals surface area contributed by atoms with E-state index < -0.39 is 0 Å². The minimum atomic E-state index is 0.283. The molecule has 0 saturated heterocycles. The summed E-state index contributed by atoms with van der Waals surface area (Å²) in [5.41, 5.74) is 5.79. The number of halogens is 1. The van der Waals surface area contributed by atoms with Crippen LogP contribution in [0.4, 0.5) is 0 Å². The highest BCUT2D eigenvalue weighted by Crippen LogP contribution is 2.28. The van der Waals surface area contributed by atoms with Crippen molar-refractivity contribution in [2.24, 2.45) is 5.73 Å². The van der Waals surface area contributed by atoms with Crippen molar-refractivity contribution >= 4 is 22.9 Å². The van der Waals surface area contributed by atoms with Crippen molar-refractivity contribution in [3.63, 3.8) is 0 Å². The van der Waals surface area contributed by atoms with Gasteiger partial charge in [-0.3, -0.25) is 0 Å². The van der Waals surface area contributed by atoms with E-state index >= 15 is 0 Å². The molecule has 1 unspecified atom stereocenters. The van der Waals surface area contributed by atoms with E-state index in [0.29, 0.717) is 12.6 Å². The number of thiophene rings is 1. The van der Waals surface area contributed by atoms with E-state index in [1.54, 1.807) is 11.3 Å². The molecule has 1 aromatic heterocycles. The van der Waals surface area contributed by atoms with Crippen LogP contribution in [0.5, 0.6) is 0 Å². The molecule has 1 fully saturated rings. The largest absolute Gasteiger partial charge is 0.329 e. The smallest absolute Gasteiger partial charge is 0.0931 e. The first-order valence-corrected chi connectivity index (χ1v) is 6.70. The van der Waals surface area contributed by atoms with E-state index in [4.69, 9.17) is 17.3 Å². The molecule has 1 atom stereocenters. The Labute approximate surface area is 99.8 Å². The van der Waals surface area contributed by atoms with Gasteiger partial charge in [-0.1, -0.05) is 24.4 Å². The normalized spacial score (nSPS) is 19.6. The highest BCUT2D eigenvalue weighted by molar-refractivity contribution is 7.16. The molecule has 15 heavy (non-hydrogen) atoms. The van der Waals surface area contributed by atoms with Gasteiger partial charge in [-0.15, -0.1) is 11.3 Å². The second kappa shape index (κ2) is 5.30. The van der Waals surface area contributed by atoms with Crippen molar-refractivity contribution in [1.82, 2.24) is 5.32 Å². The number of nitrogens with one attached hydrogen (secondary N) is 1. The first kappa shape index (κ1) is 11.4. The summed E-state index contributed by atoms with van der Waals surface area (Å²) in [6.07, 6.45) is 5.27. The van der Waals surface area contributed by atoms with Crippen LogP contribution < -0.4 is 11.1 Å². The second-order valence-electron chi connectivity index (χ2n) is 4.08. The fourth-order valence-electron chi connectivity index (χ4n) is 2.16. The molecular weight excluding hydrogens is 228 g/mol. The number of nitrogens with two attached hydrogens (primary N) is 1. The number of rotatable bonds is 4. The van der Waals surface area contributed by atoms with Gasteiger partial charge in [0.15, 0.2) is 0 Å². The minimum absolute atomic E-state index is 0.283. The molecule has 1 aliphatic rings. The van der Waals surface area contributed by atoms with Crippen LogP contribution in [0.25, 0.3) is 0 Å². The van der Waals surface area contributed by atoms with Crippen LogP contribution in [-0.2, 0) is 0 Å². The van der Waals surface area contributed by atoms with Crippen molar-refractivity contribution in [3.05, 3.63) is 21.3 Å². The predicted octanol–water partition coefficient (Wildman–Crippen LogP) is 2.93. The zero-order valence-corrected chi connectivity index (χ0v) is 10.3. The van der Waals surface area contributed by atoms with Gasteiger partial charge in [0.2, 0.25) is 0 Å². The standard InChI is InChI=1S/C11H17ClN2S/c12-11-6-5-10(15-11)9(7-13)14-8-3-1-2-4-8/h5-6,8-9,14H,1-4,7,13H2. The molecule has 0 spiro atoms. The van der Waals surface area contributed by atoms with Crippen molar-refractivity contribution in [1.29, 1.82) is 0 Å². The zero-order valence-electron chi connectivity index (χ0n) is 8.71. The molecule has 2 rings (SSSR count). The van der Waals surface area contributed by atoms with Gasteiger partial charge in [-0.05, 0) is 25.0 Å². The van der Waals surface area contributed by atoms with Crippen molar-refractivity contribution in [3.8, 4) is 0 Å². The molecule has 0 aliphatic heterocycles. The number of hydrogen-bond donors (Lipinski definition) is 2. The van der Waals surface area contributed by atoms with Gasteiger partial charge >= 0.3 is 0 Å². The minimum Gasteiger partial charge on any atom is -0.329 e. The Balaban J connectivity index is 1.97. The first-order valence-electron chi connectivity index (χ1n) is 5.51. The predicted molar refractivity (Wildman–Crippen MR) is 66.5 cm³/mol. The molecular formula is C11H17ClN2S. The monoisotopic (exact) mass is 244 g/mol.